The normalized spacial score (nSPS) is 12.2. The molecule has 0 spiro atoms. The third kappa shape index (κ3) is 4.40. The molecular formula is C16H16N2O5S. The van der Waals surface area contributed by atoms with E-state index in [1.54, 1.807) is 24.3 Å². The number of benzene rings is 2. The zero-order valence-electron chi connectivity index (χ0n) is 12.8. The zero-order valence-corrected chi connectivity index (χ0v) is 13.6. The molecule has 0 fully saturated rings. The minimum absolute atomic E-state index is 0.0512. The molecule has 0 heterocycles. The van der Waals surface area contributed by atoms with Crippen LogP contribution in [-0.4, -0.2) is 26.7 Å². The fraction of sp³-hybridized carbons (Fsp3) is 0.125. The molecule has 0 saturated heterocycles. The Morgan fingerprint density at radius 3 is 2.38 bits per heavy atom. The van der Waals surface area contributed by atoms with E-state index >= 15 is 0 Å². The van der Waals surface area contributed by atoms with E-state index in [2.05, 4.69) is 5.32 Å². The fourth-order valence-electron chi connectivity index (χ4n) is 1.90. The first-order chi connectivity index (χ1) is 11.3. The Labute approximate surface area is 139 Å². The van der Waals surface area contributed by atoms with Crippen LogP contribution in [0.25, 0.3) is 0 Å². The van der Waals surface area contributed by atoms with Crippen molar-refractivity contribution in [1.82, 2.24) is 0 Å². The van der Waals surface area contributed by atoms with Gasteiger partial charge in [-0.2, -0.15) is 0 Å². The standard InChI is InChI=1S/C16H16N2O5S/c1-11(23-15-5-3-2-4-12(15)10-19)16(20)18-13-6-8-14(9-7-13)24(17,21)22/h2-11H,1H3,(H,18,20)(H2,17,21,22)/t11-/m1/s1. The van der Waals surface area contributed by atoms with E-state index in [1.807, 2.05) is 0 Å². The number of nitrogens with one attached hydrogen (secondary N) is 1. The summed E-state index contributed by atoms with van der Waals surface area (Å²) >= 11 is 0. The minimum Gasteiger partial charge on any atom is -0.480 e. The summed E-state index contributed by atoms with van der Waals surface area (Å²) in [5.74, 6) is -0.140. The number of para-hydroxylation sites is 1. The topological polar surface area (TPSA) is 116 Å². The Morgan fingerprint density at radius 1 is 1.17 bits per heavy atom. The predicted octanol–water partition coefficient (Wildman–Crippen LogP) is 1.55. The van der Waals surface area contributed by atoms with Crippen molar-refractivity contribution in [3.8, 4) is 5.75 Å². The van der Waals surface area contributed by atoms with Crippen molar-refractivity contribution < 1.29 is 22.7 Å². The highest BCUT2D eigenvalue weighted by Crippen LogP contribution is 2.18. The van der Waals surface area contributed by atoms with Gasteiger partial charge in [0.1, 0.15) is 5.75 Å². The number of anilines is 1. The number of carbonyl (C=O) groups excluding carboxylic acids is 2. The molecule has 0 bridgehead atoms. The van der Waals surface area contributed by atoms with Crippen molar-refractivity contribution in [2.45, 2.75) is 17.9 Å². The lowest BCUT2D eigenvalue weighted by molar-refractivity contribution is -0.122. The van der Waals surface area contributed by atoms with E-state index in [1.165, 1.54) is 31.2 Å². The molecule has 2 rings (SSSR count). The van der Waals surface area contributed by atoms with Crippen LogP contribution in [0.1, 0.15) is 17.3 Å². The zero-order chi connectivity index (χ0) is 17.7. The van der Waals surface area contributed by atoms with Crippen LogP contribution < -0.4 is 15.2 Å². The summed E-state index contributed by atoms with van der Waals surface area (Å²) in [6.07, 6.45) is -0.213. The molecule has 0 saturated carbocycles. The molecule has 2 aromatic rings. The van der Waals surface area contributed by atoms with E-state index in [0.717, 1.165) is 0 Å². The first-order valence-electron chi connectivity index (χ1n) is 6.96. The highest BCUT2D eigenvalue weighted by molar-refractivity contribution is 7.89. The summed E-state index contributed by atoms with van der Waals surface area (Å²) in [5, 5.41) is 7.60. The predicted molar refractivity (Wildman–Crippen MR) is 88.4 cm³/mol. The first kappa shape index (κ1) is 17.6. The van der Waals surface area contributed by atoms with Gasteiger partial charge in [-0.3, -0.25) is 9.59 Å². The smallest absolute Gasteiger partial charge is 0.265 e. The maximum absolute atomic E-state index is 12.1. The van der Waals surface area contributed by atoms with Crippen LogP contribution in [0.2, 0.25) is 0 Å². The van der Waals surface area contributed by atoms with Crippen LogP contribution in [0.15, 0.2) is 53.4 Å². The monoisotopic (exact) mass is 348 g/mol. The molecule has 0 aliphatic rings. The number of rotatable bonds is 6. The summed E-state index contributed by atoms with van der Waals surface area (Å²) < 4.78 is 27.8. The third-order valence-corrected chi connectivity index (χ3v) is 4.10. The number of ether oxygens (including phenoxy) is 1. The van der Waals surface area contributed by atoms with Crippen LogP contribution in [0.4, 0.5) is 5.69 Å². The molecule has 3 N–H and O–H groups in total. The molecule has 0 aliphatic heterocycles. The Hall–Kier alpha value is -2.71. The van der Waals surface area contributed by atoms with Gasteiger partial charge in [0.15, 0.2) is 12.4 Å². The highest BCUT2D eigenvalue weighted by Gasteiger charge is 2.17. The first-order valence-corrected chi connectivity index (χ1v) is 8.50. The number of aldehydes is 1. The lowest BCUT2D eigenvalue weighted by Crippen LogP contribution is -2.30. The second kappa shape index (κ2) is 7.24. The van der Waals surface area contributed by atoms with Crippen LogP contribution in [-0.2, 0) is 14.8 Å². The molecular weight excluding hydrogens is 332 g/mol. The number of nitrogens with two attached hydrogens (primary N) is 1. The van der Waals surface area contributed by atoms with Crippen LogP contribution >= 0.6 is 0 Å². The summed E-state index contributed by atoms with van der Waals surface area (Å²) in [4.78, 5) is 23.0. The molecule has 0 aliphatic carbocycles. The SMILES string of the molecule is C[C@@H](Oc1ccccc1C=O)C(=O)Nc1ccc(S(N)(=O)=O)cc1. The molecule has 8 heteroatoms. The second-order valence-corrected chi connectivity index (χ2v) is 6.54. The number of sulfonamides is 1. The summed E-state index contributed by atoms with van der Waals surface area (Å²) in [7, 11) is -3.78. The van der Waals surface area contributed by atoms with Crippen LogP contribution in [0.5, 0.6) is 5.75 Å². The van der Waals surface area contributed by atoms with E-state index in [-0.39, 0.29) is 4.90 Å². The number of primary sulfonamides is 1. The number of hydrogen-bond acceptors (Lipinski definition) is 5. The van der Waals surface area contributed by atoms with E-state index in [9.17, 15) is 18.0 Å². The number of amides is 1. The molecule has 0 aromatic heterocycles. The van der Waals surface area contributed by atoms with Gasteiger partial charge in [0.25, 0.3) is 5.91 Å². The Morgan fingerprint density at radius 2 is 1.79 bits per heavy atom. The molecule has 7 nitrogen and oxygen atoms in total. The molecule has 0 unspecified atom stereocenters. The quantitative estimate of drug-likeness (QED) is 0.769. The maximum atomic E-state index is 12.1. The van der Waals surface area contributed by atoms with E-state index < -0.39 is 22.0 Å². The molecule has 126 valence electrons. The largest absolute Gasteiger partial charge is 0.480 e. The lowest BCUT2D eigenvalue weighted by atomic mass is 10.2. The minimum atomic E-state index is -3.78. The average molecular weight is 348 g/mol. The van der Waals surface area contributed by atoms with Crippen molar-refractivity contribution in [3.63, 3.8) is 0 Å². The Kier molecular flexibility index (Phi) is 5.32. The van der Waals surface area contributed by atoms with Crippen LogP contribution in [0.3, 0.4) is 0 Å². The van der Waals surface area contributed by atoms with Gasteiger partial charge in [-0.25, -0.2) is 13.6 Å². The molecule has 24 heavy (non-hydrogen) atoms. The van der Waals surface area contributed by atoms with Gasteiger partial charge in [-0.1, -0.05) is 12.1 Å². The van der Waals surface area contributed by atoms with Crippen molar-refractivity contribution in [3.05, 3.63) is 54.1 Å². The van der Waals surface area contributed by atoms with Crippen LogP contribution in [0, 0.1) is 0 Å². The van der Waals surface area contributed by atoms with E-state index in [0.29, 0.717) is 23.3 Å². The average Bonchev–Trinajstić information content (AvgIpc) is 2.55. The lowest BCUT2D eigenvalue weighted by Gasteiger charge is -2.16. The molecule has 0 radical (unpaired) electrons. The van der Waals surface area contributed by atoms with E-state index in [4.69, 9.17) is 9.88 Å². The van der Waals surface area contributed by atoms with Crippen molar-refractivity contribution in [2.75, 3.05) is 5.32 Å². The van der Waals surface area contributed by atoms with Crippen molar-refractivity contribution >= 4 is 27.9 Å². The van der Waals surface area contributed by atoms with Gasteiger partial charge in [0.05, 0.1) is 10.5 Å². The van der Waals surface area contributed by atoms with Gasteiger partial charge in [-0.15, -0.1) is 0 Å². The molecule has 1 atom stereocenters. The van der Waals surface area contributed by atoms with Crippen molar-refractivity contribution in [1.29, 1.82) is 0 Å². The number of hydrogen-bond donors (Lipinski definition) is 2. The number of carbonyl (C=O) groups is 2. The van der Waals surface area contributed by atoms with Gasteiger partial charge in [0.2, 0.25) is 10.0 Å². The summed E-state index contributed by atoms with van der Waals surface area (Å²) in [6.45, 7) is 1.54. The van der Waals surface area contributed by atoms with Gasteiger partial charge in [0, 0.05) is 5.69 Å². The fourth-order valence-corrected chi connectivity index (χ4v) is 2.42. The van der Waals surface area contributed by atoms with Gasteiger partial charge in [-0.05, 0) is 43.3 Å². The van der Waals surface area contributed by atoms with Crippen molar-refractivity contribution in [2.24, 2.45) is 5.14 Å². The van der Waals surface area contributed by atoms with Gasteiger partial charge >= 0.3 is 0 Å². The third-order valence-electron chi connectivity index (χ3n) is 3.17. The summed E-state index contributed by atoms with van der Waals surface area (Å²) in [5.41, 5.74) is 0.737. The Balaban J connectivity index is 2.05. The highest BCUT2D eigenvalue weighted by atomic mass is 32.2. The maximum Gasteiger partial charge on any atom is 0.265 e. The molecule has 2 aromatic carbocycles. The second-order valence-electron chi connectivity index (χ2n) is 4.97. The molecule has 1 amide bonds. The van der Waals surface area contributed by atoms with Gasteiger partial charge < -0.3 is 10.1 Å². The Bertz CT molecular complexity index is 847. The summed E-state index contributed by atoms with van der Waals surface area (Å²) in [6, 6.07) is 12.0.